The number of carbonyl (C=O) groups is 1. The molecule has 35 heavy (non-hydrogen) atoms. The van der Waals surface area contributed by atoms with Gasteiger partial charge in [0.2, 0.25) is 10.0 Å². The van der Waals surface area contributed by atoms with E-state index in [9.17, 15) is 26.4 Å². The highest BCUT2D eigenvalue weighted by Gasteiger charge is 2.33. The Kier molecular flexibility index (Phi) is 7.20. The zero-order chi connectivity index (χ0) is 25.2. The highest BCUT2D eigenvalue weighted by atomic mass is 32.2. The van der Waals surface area contributed by atoms with Crippen molar-refractivity contribution in [2.45, 2.75) is 37.1 Å². The first-order chi connectivity index (χ1) is 16.5. The summed E-state index contributed by atoms with van der Waals surface area (Å²) in [6, 6.07) is 9.47. The predicted octanol–water partition coefficient (Wildman–Crippen LogP) is 4.64. The Morgan fingerprint density at radius 3 is 2.63 bits per heavy atom. The Bertz CT molecular complexity index is 1320. The third kappa shape index (κ3) is 6.03. The van der Waals surface area contributed by atoms with Gasteiger partial charge in [-0.3, -0.25) is 0 Å². The number of hydrogen-bond donors (Lipinski definition) is 1. The number of esters is 1. The molecule has 1 fully saturated rings. The summed E-state index contributed by atoms with van der Waals surface area (Å²) >= 11 is 1.38. The van der Waals surface area contributed by atoms with Crippen molar-refractivity contribution in [2.24, 2.45) is 0 Å². The minimum absolute atomic E-state index is 0.0357. The van der Waals surface area contributed by atoms with E-state index in [0.717, 1.165) is 22.3 Å². The summed E-state index contributed by atoms with van der Waals surface area (Å²) in [6.07, 6.45) is -3.93. The van der Waals surface area contributed by atoms with Crippen LogP contribution < -0.4 is 10.1 Å². The third-order valence-electron chi connectivity index (χ3n) is 5.36. The number of nitrogens with zero attached hydrogens (tertiary/aromatic N) is 2. The van der Waals surface area contributed by atoms with Gasteiger partial charge < -0.3 is 14.8 Å². The summed E-state index contributed by atoms with van der Waals surface area (Å²) < 4.78 is 74.3. The van der Waals surface area contributed by atoms with Crippen molar-refractivity contribution in [3.05, 3.63) is 48.0 Å². The smallest absolute Gasteiger partial charge is 0.462 e. The van der Waals surface area contributed by atoms with Crippen molar-refractivity contribution in [3.63, 3.8) is 0 Å². The molecule has 2 aromatic carbocycles. The molecule has 0 bridgehead atoms. The Hall–Kier alpha value is -2.90. The van der Waals surface area contributed by atoms with Gasteiger partial charge in [0.1, 0.15) is 5.75 Å². The fourth-order valence-corrected chi connectivity index (χ4v) is 6.21. The minimum atomic E-state index is -4.91. The second-order valence-corrected chi connectivity index (χ2v) is 10.7. The maximum atomic E-state index is 12.9. The van der Waals surface area contributed by atoms with Crippen LogP contribution in [-0.2, 0) is 14.8 Å². The molecule has 8 nitrogen and oxygen atoms in total. The monoisotopic (exact) mass is 529 g/mol. The first-order valence-electron chi connectivity index (χ1n) is 10.8. The van der Waals surface area contributed by atoms with E-state index in [4.69, 9.17) is 4.74 Å². The molecular weight excluding hydrogens is 507 g/mol. The zero-order valence-electron chi connectivity index (χ0n) is 18.5. The van der Waals surface area contributed by atoms with Crippen molar-refractivity contribution in [1.82, 2.24) is 9.29 Å². The molecule has 1 N–H and O–H groups in total. The molecule has 1 aromatic heterocycles. The van der Waals surface area contributed by atoms with Crippen LogP contribution in [0, 0.1) is 0 Å². The molecule has 2 heterocycles. The van der Waals surface area contributed by atoms with Crippen LogP contribution in [0.25, 0.3) is 10.2 Å². The molecule has 3 aromatic rings. The van der Waals surface area contributed by atoms with Crippen LogP contribution in [0.15, 0.2) is 47.4 Å². The van der Waals surface area contributed by atoms with Gasteiger partial charge in [-0.1, -0.05) is 17.4 Å². The van der Waals surface area contributed by atoms with E-state index < -0.39 is 28.1 Å². The fraction of sp³-hybridized carbons (Fsp3) is 0.364. The number of carbonyl (C=O) groups excluding carboxylic acids is 1. The lowest BCUT2D eigenvalue weighted by atomic mass is 10.1. The van der Waals surface area contributed by atoms with Crippen LogP contribution in [0.3, 0.4) is 0 Å². The Morgan fingerprint density at radius 2 is 1.94 bits per heavy atom. The average molecular weight is 530 g/mol. The predicted molar refractivity (Wildman–Crippen MR) is 124 cm³/mol. The van der Waals surface area contributed by atoms with E-state index in [1.165, 1.54) is 27.8 Å². The second-order valence-electron chi connectivity index (χ2n) is 7.77. The van der Waals surface area contributed by atoms with Gasteiger partial charge in [-0.15, -0.1) is 13.2 Å². The number of hydrogen-bond acceptors (Lipinski definition) is 8. The van der Waals surface area contributed by atoms with Crippen molar-refractivity contribution in [2.75, 3.05) is 25.0 Å². The van der Waals surface area contributed by atoms with E-state index in [1.54, 1.807) is 25.1 Å². The number of rotatable bonds is 7. The summed E-state index contributed by atoms with van der Waals surface area (Å²) in [5.74, 6) is -0.988. The van der Waals surface area contributed by atoms with E-state index in [-0.39, 0.29) is 30.6 Å². The number of nitrogens with one attached hydrogen (secondary N) is 1. The Morgan fingerprint density at radius 1 is 1.20 bits per heavy atom. The molecule has 0 amide bonds. The van der Waals surface area contributed by atoms with Crippen LogP contribution in [-0.4, -0.2) is 55.8 Å². The van der Waals surface area contributed by atoms with Crippen molar-refractivity contribution < 1.29 is 35.9 Å². The molecule has 1 saturated heterocycles. The second kappa shape index (κ2) is 9.99. The highest BCUT2D eigenvalue weighted by Crippen LogP contribution is 2.31. The van der Waals surface area contributed by atoms with Gasteiger partial charge in [0, 0.05) is 25.2 Å². The number of ether oxygens (including phenoxy) is 2. The summed E-state index contributed by atoms with van der Waals surface area (Å²) in [5, 5.41) is 3.97. The summed E-state index contributed by atoms with van der Waals surface area (Å²) in [5.41, 5.74) is 1.17. The van der Waals surface area contributed by atoms with Crippen LogP contribution >= 0.6 is 11.3 Å². The third-order valence-corrected chi connectivity index (χ3v) is 8.20. The molecule has 0 unspecified atom stereocenters. The van der Waals surface area contributed by atoms with Gasteiger partial charge in [0.05, 0.1) is 27.3 Å². The Labute approximate surface area is 203 Å². The summed E-state index contributed by atoms with van der Waals surface area (Å²) in [4.78, 5) is 16.2. The maximum Gasteiger partial charge on any atom is 0.573 e. The number of anilines is 1. The molecule has 1 aliphatic heterocycles. The fourth-order valence-electron chi connectivity index (χ4n) is 3.72. The molecule has 0 saturated carbocycles. The molecule has 4 rings (SSSR count). The number of piperidine rings is 1. The van der Waals surface area contributed by atoms with E-state index in [1.807, 2.05) is 0 Å². The van der Waals surface area contributed by atoms with Gasteiger partial charge in [0.25, 0.3) is 0 Å². The van der Waals surface area contributed by atoms with Gasteiger partial charge in [-0.2, -0.15) is 4.31 Å². The molecule has 0 aliphatic carbocycles. The van der Waals surface area contributed by atoms with Crippen LogP contribution in [0.4, 0.5) is 18.3 Å². The minimum Gasteiger partial charge on any atom is -0.462 e. The lowest BCUT2D eigenvalue weighted by Crippen LogP contribution is -2.42. The Balaban J connectivity index is 1.39. The molecule has 13 heteroatoms. The van der Waals surface area contributed by atoms with Gasteiger partial charge in [-0.05, 0) is 50.1 Å². The van der Waals surface area contributed by atoms with Crippen LogP contribution in [0.1, 0.15) is 30.1 Å². The lowest BCUT2D eigenvalue weighted by molar-refractivity contribution is -0.274. The van der Waals surface area contributed by atoms with Crippen LogP contribution in [0.5, 0.6) is 5.75 Å². The van der Waals surface area contributed by atoms with E-state index >= 15 is 0 Å². The maximum absolute atomic E-state index is 12.9. The number of halogens is 3. The van der Waals surface area contributed by atoms with Gasteiger partial charge in [-0.25, -0.2) is 18.2 Å². The van der Waals surface area contributed by atoms with E-state index in [2.05, 4.69) is 15.0 Å². The summed E-state index contributed by atoms with van der Waals surface area (Å²) in [7, 11) is -3.97. The SMILES string of the molecule is CCOC(=O)c1ccc2nc(NC3CCN(S(=O)(=O)c4cccc(OC(F)(F)F)c4)CC3)sc2c1. The van der Waals surface area contributed by atoms with E-state index in [0.29, 0.717) is 23.5 Å². The summed E-state index contributed by atoms with van der Waals surface area (Å²) in [6.45, 7) is 2.42. The number of aromatic nitrogens is 1. The van der Waals surface area contributed by atoms with Gasteiger partial charge in [0.15, 0.2) is 5.13 Å². The number of fused-ring (bicyclic) bond motifs is 1. The number of thiazole rings is 1. The van der Waals surface area contributed by atoms with Crippen molar-refractivity contribution in [3.8, 4) is 5.75 Å². The highest BCUT2D eigenvalue weighted by molar-refractivity contribution is 7.89. The number of sulfonamides is 1. The molecule has 0 spiro atoms. The van der Waals surface area contributed by atoms with Crippen molar-refractivity contribution >= 4 is 42.7 Å². The normalized spacial score (nSPS) is 15.8. The first-order valence-corrected chi connectivity index (χ1v) is 13.0. The lowest BCUT2D eigenvalue weighted by Gasteiger charge is -2.31. The quantitative estimate of drug-likeness (QED) is 0.446. The van der Waals surface area contributed by atoms with Crippen molar-refractivity contribution in [1.29, 1.82) is 0 Å². The average Bonchev–Trinajstić information content (AvgIpc) is 3.20. The zero-order valence-corrected chi connectivity index (χ0v) is 20.2. The molecule has 1 aliphatic rings. The van der Waals surface area contributed by atoms with Crippen LogP contribution in [0.2, 0.25) is 0 Å². The number of benzene rings is 2. The first kappa shape index (κ1) is 25.2. The topological polar surface area (TPSA) is 97.8 Å². The van der Waals surface area contributed by atoms with Gasteiger partial charge >= 0.3 is 12.3 Å². The molecule has 0 radical (unpaired) electrons. The molecule has 0 atom stereocenters. The largest absolute Gasteiger partial charge is 0.573 e. The molecular formula is C22H22F3N3O5S2. The number of alkyl halides is 3. The standard InChI is InChI=1S/C22H22F3N3O5S2/c1-2-32-20(29)14-6-7-18-19(12-14)34-21(27-18)26-15-8-10-28(11-9-15)35(30,31)17-5-3-4-16(13-17)33-22(23,24)25/h3-7,12-13,15H,2,8-11H2,1H3,(H,26,27). The molecule has 188 valence electrons.